The van der Waals surface area contributed by atoms with Gasteiger partial charge in [-0.2, -0.15) is 0 Å². The van der Waals surface area contributed by atoms with Gasteiger partial charge >= 0.3 is 0 Å². The number of rotatable bonds is 3. The molecule has 0 spiro atoms. The maximum absolute atomic E-state index is 5.21. The maximum atomic E-state index is 5.21. The van der Waals surface area contributed by atoms with Crippen LogP contribution >= 0.6 is 0 Å². The number of nitrogens with zero attached hydrogens (tertiary/aromatic N) is 3. The summed E-state index contributed by atoms with van der Waals surface area (Å²) in [5.41, 5.74) is 11.3. The van der Waals surface area contributed by atoms with Crippen molar-refractivity contribution in [1.29, 1.82) is 0 Å². The van der Waals surface area contributed by atoms with E-state index in [9.17, 15) is 0 Å². The molecule has 47 heavy (non-hydrogen) atoms. The van der Waals surface area contributed by atoms with Crippen LogP contribution in [0.5, 0.6) is 0 Å². The molecule has 1 heterocycles. The van der Waals surface area contributed by atoms with Crippen LogP contribution in [0.15, 0.2) is 140 Å². The van der Waals surface area contributed by atoms with Gasteiger partial charge in [0.05, 0.1) is 0 Å². The molecule has 8 rings (SSSR count). The minimum absolute atomic E-state index is 0.127. The van der Waals surface area contributed by atoms with Crippen molar-refractivity contribution in [2.45, 2.75) is 44.9 Å². The summed E-state index contributed by atoms with van der Waals surface area (Å²) >= 11 is 0. The highest BCUT2D eigenvalue weighted by Crippen LogP contribution is 2.49. The van der Waals surface area contributed by atoms with Crippen LogP contribution in [0.25, 0.3) is 50.2 Å². The molecule has 228 valence electrons. The highest BCUT2D eigenvalue weighted by Gasteiger charge is 2.35. The van der Waals surface area contributed by atoms with Crippen LogP contribution in [-0.4, -0.2) is 15.0 Å². The lowest BCUT2D eigenvalue weighted by Crippen LogP contribution is -2.20. The molecule has 0 amide bonds. The molecule has 5 aromatic carbocycles. The van der Waals surface area contributed by atoms with Crippen LogP contribution in [0.2, 0.25) is 0 Å². The van der Waals surface area contributed by atoms with Crippen LogP contribution < -0.4 is 0 Å². The van der Waals surface area contributed by atoms with E-state index in [-0.39, 0.29) is 10.8 Å². The van der Waals surface area contributed by atoms with E-state index in [2.05, 4.69) is 162 Å². The SMILES string of the molecule is C=C1/C=C(c2nc(-c3ccc4c(c3)C(C)(C)c3ccccc3-4)nc(-c3cccc4ccccc34)n2)\C=C/Cc2ccccc2C1(C)C. The molecular formula is C44H37N3. The summed E-state index contributed by atoms with van der Waals surface area (Å²) in [6, 6.07) is 38.8. The second-order valence-electron chi connectivity index (χ2n) is 13.8. The molecule has 3 nitrogen and oxygen atoms in total. The minimum Gasteiger partial charge on any atom is -0.208 e. The smallest absolute Gasteiger partial charge is 0.164 e. The number of allylic oxidation sites excluding steroid dienone is 5. The first-order valence-electron chi connectivity index (χ1n) is 16.4. The molecule has 0 fully saturated rings. The molecule has 0 unspecified atom stereocenters. The Hall–Kier alpha value is -5.41. The van der Waals surface area contributed by atoms with Crippen LogP contribution in [0, 0.1) is 0 Å². The third-order valence-electron chi connectivity index (χ3n) is 10.2. The molecular weight excluding hydrogens is 571 g/mol. The lowest BCUT2D eigenvalue weighted by atomic mass is 9.75. The van der Waals surface area contributed by atoms with E-state index >= 15 is 0 Å². The van der Waals surface area contributed by atoms with Gasteiger partial charge in [0, 0.05) is 27.5 Å². The van der Waals surface area contributed by atoms with E-state index in [1.807, 2.05) is 0 Å². The zero-order valence-electron chi connectivity index (χ0n) is 27.4. The first kappa shape index (κ1) is 29.0. The van der Waals surface area contributed by atoms with Crippen molar-refractivity contribution in [3.05, 3.63) is 168 Å². The van der Waals surface area contributed by atoms with Gasteiger partial charge < -0.3 is 0 Å². The van der Waals surface area contributed by atoms with Crippen LogP contribution in [-0.2, 0) is 17.3 Å². The van der Waals surface area contributed by atoms with Gasteiger partial charge in [-0.3, -0.25) is 0 Å². The molecule has 1 aromatic heterocycles. The Morgan fingerprint density at radius 1 is 0.574 bits per heavy atom. The average molecular weight is 608 g/mol. The van der Waals surface area contributed by atoms with Gasteiger partial charge in [-0.1, -0.05) is 150 Å². The zero-order chi connectivity index (χ0) is 32.3. The van der Waals surface area contributed by atoms with Crippen LogP contribution in [0.3, 0.4) is 0 Å². The normalized spacial score (nSPS) is 17.8. The van der Waals surface area contributed by atoms with Crippen molar-refractivity contribution >= 4 is 16.3 Å². The second-order valence-corrected chi connectivity index (χ2v) is 13.8. The first-order chi connectivity index (χ1) is 22.7. The van der Waals surface area contributed by atoms with Gasteiger partial charge in [0.2, 0.25) is 0 Å². The number of aromatic nitrogens is 3. The molecule has 3 heteroatoms. The molecule has 0 saturated heterocycles. The highest BCUT2D eigenvalue weighted by molar-refractivity contribution is 5.95. The second kappa shape index (κ2) is 10.8. The zero-order valence-corrected chi connectivity index (χ0v) is 27.4. The molecule has 0 atom stereocenters. The van der Waals surface area contributed by atoms with Gasteiger partial charge in [0.25, 0.3) is 0 Å². The van der Waals surface area contributed by atoms with Crippen molar-refractivity contribution < 1.29 is 0 Å². The third-order valence-corrected chi connectivity index (χ3v) is 10.2. The average Bonchev–Trinajstić information content (AvgIpc) is 3.35. The molecule has 0 N–H and O–H groups in total. The summed E-state index contributed by atoms with van der Waals surface area (Å²) < 4.78 is 0. The number of benzene rings is 5. The Labute approximate surface area is 277 Å². The van der Waals surface area contributed by atoms with Gasteiger partial charge in [0.15, 0.2) is 17.5 Å². The number of hydrogen-bond acceptors (Lipinski definition) is 3. The molecule has 2 aliphatic carbocycles. The van der Waals surface area contributed by atoms with Crippen molar-refractivity contribution in [2.75, 3.05) is 0 Å². The summed E-state index contributed by atoms with van der Waals surface area (Å²) in [4.78, 5) is 15.6. The van der Waals surface area contributed by atoms with E-state index in [4.69, 9.17) is 15.0 Å². The van der Waals surface area contributed by atoms with E-state index in [1.54, 1.807) is 0 Å². The highest BCUT2D eigenvalue weighted by atomic mass is 15.0. The summed E-state index contributed by atoms with van der Waals surface area (Å²) in [6.45, 7) is 13.7. The number of hydrogen-bond donors (Lipinski definition) is 0. The molecule has 0 aliphatic heterocycles. The van der Waals surface area contributed by atoms with Crippen molar-refractivity contribution in [3.8, 4) is 33.9 Å². The lowest BCUT2D eigenvalue weighted by Gasteiger charge is -2.28. The predicted molar refractivity (Wildman–Crippen MR) is 195 cm³/mol. The van der Waals surface area contributed by atoms with Crippen molar-refractivity contribution in [2.24, 2.45) is 0 Å². The standard InChI is InChI=1S/C44H37N3/c1-28-26-31(18-12-17-30-15-7-10-22-37(30)43(28,2)3)40-45-41(47-42(46-40)36-21-13-16-29-14-6-8-19-33(29)36)32-24-25-35-34-20-9-11-23-38(34)44(4,5)39(35)27-32/h6-16,18-27H,1,17H2,2-5H3/b18-12-,31-26+. The van der Waals surface area contributed by atoms with Crippen LogP contribution in [0.1, 0.15) is 55.8 Å². The van der Waals surface area contributed by atoms with E-state index in [0.717, 1.165) is 39.5 Å². The fraction of sp³-hybridized carbons (Fsp3) is 0.159. The Kier molecular flexibility index (Phi) is 6.70. The summed E-state index contributed by atoms with van der Waals surface area (Å²) in [5.74, 6) is 1.96. The Morgan fingerprint density at radius 2 is 1.23 bits per heavy atom. The molecule has 6 aromatic rings. The third kappa shape index (κ3) is 4.77. The molecule has 0 bridgehead atoms. The molecule has 2 aliphatic rings. The van der Waals surface area contributed by atoms with E-state index in [1.165, 1.54) is 33.4 Å². The Bertz CT molecular complexity index is 2290. The number of fused-ring (bicyclic) bond motifs is 5. The van der Waals surface area contributed by atoms with Gasteiger partial charge in [-0.15, -0.1) is 0 Å². The lowest BCUT2D eigenvalue weighted by molar-refractivity contribution is 0.635. The van der Waals surface area contributed by atoms with Gasteiger partial charge in [-0.05, 0) is 68.3 Å². The monoisotopic (exact) mass is 607 g/mol. The van der Waals surface area contributed by atoms with Crippen LogP contribution in [0.4, 0.5) is 0 Å². The Morgan fingerprint density at radius 3 is 2.11 bits per heavy atom. The summed E-state index contributed by atoms with van der Waals surface area (Å²) in [6.07, 6.45) is 7.35. The molecule has 0 radical (unpaired) electrons. The van der Waals surface area contributed by atoms with Gasteiger partial charge in [0.1, 0.15) is 0 Å². The predicted octanol–water partition coefficient (Wildman–Crippen LogP) is 10.7. The van der Waals surface area contributed by atoms with E-state index in [0.29, 0.717) is 17.5 Å². The fourth-order valence-corrected chi connectivity index (χ4v) is 7.37. The maximum Gasteiger partial charge on any atom is 0.164 e. The fourth-order valence-electron chi connectivity index (χ4n) is 7.37. The summed E-state index contributed by atoms with van der Waals surface area (Å²) in [5, 5.41) is 2.27. The van der Waals surface area contributed by atoms with Crippen molar-refractivity contribution in [3.63, 3.8) is 0 Å². The van der Waals surface area contributed by atoms with Gasteiger partial charge in [-0.25, -0.2) is 15.0 Å². The first-order valence-corrected chi connectivity index (χ1v) is 16.4. The topological polar surface area (TPSA) is 38.7 Å². The molecule has 0 saturated carbocycles. The Balaban J connectivity index is 1.33. The quantitative estimate of drug-likeness (QED) is 0.201. The largest absolute Gasteiger partial charge is 0.208 e. The van der Waals surface area contributed by atoms with Crippen molar-refractivity contribution in [1.82, 2.24) is 15.0 Å². The minimum atomic E-state index is -0.261. The van der Waals surface area contributed by atoms with E-state index < -0.39 is 0 Å². The summed E-state index contributed by atoms with van der Waals surface area (Å²) in [7, 11) is 0.